The summed E-state index contributed by atoms with van der Waals surface area (Å²) in [7, 11) is 0. The van der Waals surface area contributed by atoms with Crippen molar-refractivity contribution in [2.45, 2.75) is 46.6 Å². The maximum absolute atomic E-state index is 12.2. The van der Waals surface area contributed by atoms with E-state index in [0.29, 0.717) is 11.6 Å². The van der Waals surface area contributed by atoms with E-state index in [1.165, 1.54) is 11.3 Å². The van der Waals surface area contributed by atoms with Crippen molar-refractivity contribution in [2.24, 2.45) is 5.92 Å². The van der Waals surface area contributed by atoms with E-state index >= 15 is 0 Å². The second-order valence-electron chi connectivity index (χ2n) is 5.26. The second kappa shape index (κ2) is 7.99. The zero-order valence-corrected chi connectivity index (χ0v) is 13.4. The average molecular weight is 297 g/mol. The van der Waals surface area contributed by atoms with Gasteiger partial charge in [-0.3, -0.25) is 9.59 Å². The summed E-state index contributed by atoms with van der Waals surface area (Å²) in [5, 5.41) is 5.08. The molecule has 5 nitrogen and oxygen atoms in total. The Kier molecular flexibility index (Phi) is 6.64. The lowest BCUT2D eigenvalue weighted by Gasteiger charge is -2.28. The third-order valence-electron chi connectivity index (χ3n) is 3.02. The molecule has 0 aliphatic carbocycles. The molecule has 0 aliphatic heterocycles. The van der Waals surface area contributed by atoms with Gasteiger partial charge in [0.1, 0.15) is 6.54 Å². The van der Waals surface area contributed by atoms with Crippen LogP contribution in [0.25, 0.3) is 0 Å². The van der Waals surface area contributed by atoms with E-state index in [4.69, 9.17) is 0 Å². The molecule has 1 aromatic heterocycles. The molecule has 6 heteroatoms. The minimum absolute atomic E-state index is 0.0311. The minimum atomic E-state index is -0.197. The molecular formula is C14H23N3O2S. The number of aromatic nitrogens is 1. The first-order valence-electron chi connectivity index (χ1n) is 6.92. The van der Waals surface area contributed by atoms with E-state index in [-0.39, 0.29) is 30.3 Å². The monoisotopic (exact) mass is 297 g/mol. The molecule has 0 fully saturated rings. The molecule has 0 radical (unpaired) electrons. The molecule has 1 atom stereocenters. The molecule has 0 saturated heterocycles. The largest absolute Gasteiger partial charge is 0.331 e. The van der Waals surface area contributed by atoms with E-state index in [1.54, 1.807) is 16.5 Å². The highest BCUT2D eigenvalue weighted by Crippen LogP contribution is 2.13. The Hall–Kier alpha value is -1.43. The van der Waals surface area contributed by atoms with E-state index in [1.807, 2.05) is 27.7 Å². The molecule has 0 saturated carbocycles. The predicted molar refractivity (Wildman–Crippen MR) is 81.7 cm³/mol. The van der Waals surface area contributed by atoms with Crippen molar-refractivity contribution in [1.82, 2.24) is 9.88 Å². The van der Waals surface area contributed by atoms with Crippen LogP contribution >= 0.6 is 11.3 Å². The van der Waals surface area contributed by atoms with Gasteiger partial charge in [-0.25, -0.2) is 4.98 Å². The Morgan fingerprint density at radius 2 is 2.10 bits per heavy atom. The van der Waals surface area contributed by atoms with Crippen LogP contribution in [0.4, 0.5) is 5.13 Å². The fourth-order valence-electron chi connectivity index (χ4n) is 1.78. The van der Waals surface area contributed by atoms with Crippen molar-refractivity contribution < 1.29 is 9.59 Å². The van der Waals surface area contributed by atoms with Crippen LogP contribution < -0.4 is 5.32 Å². The average Bonchev–Trinajstić information content (AvgIpc) is 2.86. The van der Waals surface area contributed by atoms with Crippen LogP contribution in [0, 0.1) is 5.92 Å². The molecule has 112 valence electrons. The van der Waals surface area contributed by atoms with Gasteiger partial charge in [0.15, 0.2) is 5.13 Å². The molecule has 20 heavy (non-hydrogen) atoms. The molecule has 1 aromatic rings. The highest BCUT2D eigenvalue weighted by Gasteiger charge is 2.22. The van der Waals surface area contributed by atoms with Crippen molar-refractivity contribution in [1.29, 1.82) is 0 Å². The van der Waals surface area contributed by atoms with Gasteiger partial charge >= 0.3 is 0 Å². The van der Waals surface area contributed by atoms with Gasteiger partial charge in [-0.15, -0.1) is 11.3 Å². The topological polar surface area (TPSA) is 62.3 Å². The number of anilines is 1. The van der Waals surface area contributed by atoms with Gasteiger partial charge in [-0.05, 0) is 19.3 Å². The highest BCUT2D eigenvalue weighted by atomic mass is 32.1. The Bertz CT molecular complexity index is 432. The normalized spacial score (nSPS) is 12.2. The van der Waals surface area contributed by atoms with E-state index in [2.05, 4.69) is 10.3 Å². The minimum Gasteiger partial charge on any atom is -0.331 e. The maximum Gasteiger partial charge on any atom is 0.245 e. The van der Waals surface area contributed by atoms with Gasteiger partial charge in [0.05, 0.1) is 0 Å². The van der Waals surface area contributed by atoms with Crippen molar-refractivity contribution in [3.05, 3.63) is 11.6 Å². The first-order chi connectivity index (χ1) is 9.43. The zero-order valence-electron chi connectivity index (χ0n) is 12.5. The van der Waals surface area contributed by atoms with Gasteiger partial charge in [0.25, 0.3) is 0 Å². The number of carbonyl (C=O) groups is 2. The van der Waals surface area contributed by atoms with E-state index < -0.39 is 0 Å². The van der Waals surface area contributed by atoms with Crippen LogP contribution in [0.3, 0.4) is 0 Å². The first-order valence-corrected chi connectivity index (χ1v) is 7.80. The molecule has 1 rings (SSSR count). The number of rotatable bonds is 7. The predicted octanol–water partition coefficient (Wildman–Crippen LogP) is 2.75. The van der Waals surface area contributed by atoms with E-state index in [9.17, 15) is 9.59 Å². The Labute approximate surface area is 124 Å². The molecule has 0 unspecified atom stereocenters. The van der Waals surface area contributed by atoms with Crippen LogP contribution in [-0.4, -0.2) is 34.3 Å². The number of thiazole rings is 1. The number of carbonyl (C=O) groups excluding carboxylic acids is 2. The fraction of sp³-hybridized carbons (Fsp3) is 0.643. The fourth-order valence-corrected chi connectivity index (χ4v) is 2.32. The molecule has 1 heterocycles. The van der Waals surface area contributed by atoms with Gasteiger partial charge in [0.2, 0.25) is 11.8 Å². The summed E-state index contributed by atoms with van der Waals surface area (Å²) in [5.74, 6) is 0.122. The number of hydrogen-bond acceptors (Lipinski definition) is 4. The molecule has 1 N–H and O–H groups in total. The lowest BCUT2D eigenvalue weighted by atomic mass is 10.1. The summed E-state index contributed by atoms with van der Waals surface area (Å²) >= 11 is 1.37. The van der Waals surface area contributed by atoms with Crippen molar-refractivity contribution in [2.75, 3.05) is 11.9 Å². The molecule has 0 aromatic carbocycles. The first kappa shape index (κ1) is 16.6. The van der Waals surface area contributed by atoms with Gasteiger partial charge in [-0.1, -0.05) is 20.8 Å². The Balaban J connectivity index is 2.64. The standard InChI is InChI=1S/C14H23N3O2S/c1-5-11(4)17(13(19)8-10(2)3)9-12(18)16-14-15-6-7-20-14/h6-7,10-11H,5,8-9H2,1-4H3,(H,15,16,18)/t11-/m0/s1. The quantitative estimate of drug-likeness (QED) is 0.841. The lowest BCUT2D eigenvalue weighted by molar-refractivity contribution is -0.137. The highest BCUT2D eigenvalue weighted by molar-refractivity contribution is 7.13. The number of nitrogens with zero attached hydrogens (tertiary/aromatic N) is 2. The zero-order chi connectivity index (χ0) is 15.1. The summed E-state index contributed by atoms with van der Waals surface area (Å²) in [6.45, 7) is 8.07. The Morgan fingerprint density at radius 1 is 1.40 bits per heavy atom. The SMILES string of the molecule is CC[C@H](C)N(CC(=O)Nc1nccs1)C(=O)CC(C)C. The second-order valence-corrected chi connectivity index (χ2v) is 6.16. The molecule has 2 amide bonds. The summed E-state index contributed by atoms with van der Waals surface area (Å²) in [6, 6.07) is 0.0586. The number of nitrogens with one attached hydrogen (secondary N) is 1. The van der Waals surface area contributed by atoms with Gasteiger partial charge in [0, 0.05) is 24.0 Å². The molecular weight excluding hydrogens is 274 g/mol. The van der Waals surface area contributed by atoms with Crippen molar-refractivity contribution in [3.8, 4) is 0 Å². The summed E-state index contributed by atoms with van der Waals surface area (Å²) in [4.78, 5) is 29.9. The van der Waals surface area contributed by atoms with Gasteiger partial charge in [-0.2, -0.15) is 0 Å². The van der Waals surface area contributed by atoms with Crippen molar-refractivity contribution in [3.63, 3.8) is 0 Å². The van der Waals surface area contributed by atoms with Crippen LogP contribution in [0.5, 0.6) is 0 Å². The van der Waals surface area contributed by atoms with Crippen LogP contribution in [0.15, 0.2) is 11.6 Å². The molecule has 0 aliphatic rings. The third kappa shape index (κ3) is 5.28. The van der Waals surface area contributed by atoms with Gasteiger partial charge < -0.3 is 10.2 Å². The molecule has 0 spiro atoms. The van der Waals surface area contributed by atoms with Crippen molar-refractivity contribution >= 4 is 28.3 Å². The number of hydrogen-bond donors (Lipinski definition) is 1. The maximum atomic E-state index is 12.2. The smallest absolute Gasteiger partial charge is 0.245 e. The number of amides is 2. The Morgan fingerprint density at radius 3 is 2.60 bits per heavy atom. The van der Waals surface area contributed by atoms with E-state index in [0.717, 1.165) is 6.42 Å². The van der Waals surface area contributed by atoms with Crippen LogP contribution in [0.1, 0.15) is 40.5 Å². The summed E-state index contributed by atoms with van der Waals surface area (Å²) < 4.78 is 0. The molecule has 0 bridgehead atoms. The van der Waals surface area contributed by atoms with Crippen LogP contribution in [-0.2, 0) is 9.59 Å². The van der Waals surface area contributed by atoms with Crippen LogP contribution in [0.2, 0.25) is 0 Å². The lowest BCUT2D eigenvalue weighted by Crippen LogP contribution is -2.43. The summed E-state index contributed by atoms with van der Waals surface area (Å²) in [5.41, 5.74) is 0. The summed E-state index contributed by atoms with van der Waals surface area (Å²) in [6.07, 6.45) is 2.93. The third-order valence-corrected chi connectivity index (χ3v) is 3.71.